The molecule has 0 saturated heterocycles. The molecule has 0 fully saturated rings. The van der Waals surface area contributed by atoms with E-state index >= 15 is 0 Å². The molecule has 0 radical (unpaired) electrons. The molecule has 0 aromatic carbocycles. The number of rotatable bonds is 6. The molecule has 0 saturated carbocycles. The van der Waals surface area contributed by atoms with Gasteiger partial charge < -0.3 is 10.6 Å². The van der Waals surface area contributed by atoms with Gasteiger partial charge in [-0.05, 0) is 52.7 Å². The predicted octanol–water partition coefficient (Wildman–Crippen LogP) is 1.70. The minimum absolute atomic E-state index is 0.662. The van der Waals surface area contributed by atoms with Gasteiger partial charge in [-0.1, -0.05) is 6.92 Å². The minimum Gasteiger partial charge on any atom is -0.330 e. The maximum absolute atomic E-state index is 5.48. The minimum atomic E-state index is 0.662. The van der Waals surface area contributed by atoms with Crippen molar-refractivity contribution in [3.05, 3.63) is 0 Å². The van der Waals surface area contributed by atoms with Crippen LogP contribution in [0, 0.1) is 5.92 Å². The highest BCUT2D eigenvalue weighted by Gasteiger charge is 2.05. The van der Waals surface area contributed by atoms with Gasteiger partial charge in [0.15, 0.2) is 0 Å². The van der Waals surface area contributed by atoms with E-state index in [4.69, 9.17) is 5.73 Å². The van der Waals surface area contributed by atoms with Crippen molar-refractivity contribution >= 4 is 0 Å². The molecule has 1 atom stereocenters. The van der Waals surface area contributed by atoms with Crippen molar-refractivity contribution in [1.29, 1.82) is 0 Å². The van der Waals surface area contributed by atoms with Gasteiger partial charge >= 0.3 is 0 Å². The zero-order chi connectivity index (χ0) is 9.56. The largest absolute Gasteiger partial charge is 0.330 e. The summed E-state index contributed by atoms with van der Waals surface area (Å²) < 4.78 is 0. The molecule has 2 N–H and O–H groups in total. The van der Waals surface area contributed by atoms with Gasteiger partial charge in [-0.25, -0.2) is 0 Å². The van der Waals surface area contributed by atoms with E-state index in [0.29, 0.717) is 6.04 Å². The molecule has 12 heavy (non-hydrogen) atoms. The summed E-state index contributed by atoms with van der Waals surface area (Å²) in [6.45, 7) is 8.76. The highest BCUT2D eigenvalue weighted by Crippen LogP contribution is 2.07. The Morgan fingerprint density at radius 1 is 1.17 bits per heavy atom. The first-order chi connectivity index (χ1) is 5.57. The molecule has 0 amide bonds. The molecule has 0 rings (SSSR count). The summed E-state index contributed by atoms with van der Waals surface area (Å²) in [7, 11) is 2.18. The first kappa shape index (κ1) is 11.9. The number of nitrogens with two attached hydrogens (primary N) is 1. The van der Waals surface area contributed by atoms with Crippen LogP contribution >= 0.6 is 0 Å². The van der Waals surface area contributed by atoms with Crippen LogP contribution in [0.15, 0.2) is 0 Å². The van der Waals surface area contributed by atoms with Crippen molar-refractivity contribution in [2.45, 2.75) is 39.7 Å². The van der Waals surface area contributed by atoms with Crippen LogP contribution < -0.4 is 5.73 Å². The van der Waals surface area contributed by atoms with Crippen molar-refractivity contribution in [2.75, 3.05) is 20.1 Å². The molecule has 0 heterocycles. The van der Waals surface area contributed by atoms with Gasteiger partial charge in [0.05, 0.1) is 0 Å². The van der Waals surface area contributed by atoms with Gasteiger partial charge in [-0.15, -0.1) is 0 Å². The van der Waals surface area contributed by atoms with E-state index in [-0.39, 0.29) is 0 Å². The zero-order valence-electron chi connectivity index (χ0n) is 9.01. The van der Waals surface area contributed by atoms with Crippen LogP contribution in [0.3, 0.4) is 0 Å². The molecular formula is C10H24N2. The molecule has 2 nitrogen and oxygen atoms in total. The number of hydrogen-bond acceptors (Lipinski definition) is 2. The van der Waals surface area contributed by atoms with Crippen LogP contribution in [0.4, 0.5) is 0 Å². The van der Waals surface area contributed by atoms with Crippen molar-refractivity contribution in [3.8, 4) is 0 Å². The van der Waals surface area contributed by atoms with Crippen molar-refractivity contribution in [2.24, 2.45) is 11.7 Å². The van der Waals surface area contributed by atoms with Gasteiger partial charge in [0.25, 0.3) is 0 Å². The maximum atomic E-state index is 5.48. The average molecular weight is 172 g/mol. The van der Waals surface area contributed by atoms with Gasteiger partial charge in [0, 0.05) is 6.04 Å². The second-order valence-electron chi connectivity index (χ2n) is 4.05. The number of hydrogen-bond donors (Lipinski definition) is 1. The van der Waals surface area contributed by atoms with Gasteiger partial charge in [-0.2, -0.15) is 0 Å². The quantitative estimate of drug-likeness (QED) is 0.661. The second-order valence-corrected chi connectivity index (χ2v) is 4.05. The van der Waals surface area contributed by atoms with Crippen LogP contribution in [0.5, 0.6) is 0 Å². The summed E-state index contributed by atoms with van der Waals surface area (Å²) in [4.78, 5) is 2.38. The monoisotopic (exact) mass is 172 g/mol. The third kappa shape index (κ3) is 5.56. The van der Waals surface area contributed by atoms with Crippen LogP contribution in [0.1, 0.15) is 33.6 Å². The van der Waals surface area contributed by atoms with Crippen molar-refractivity contribution < 1.29 is 0 Å². The van der Waals surface area contributed by atoms with E-state index in [9.17, 15) is 0 Å². The Hall–Kier alpha value is -0.0800. The molecule has 0 aromatic heterocycles. The van der Waals surface area contributed by atoms with Crippen molar-refractivity contribution in [1.82, 2.24) is 4.90 Å². The third-order valence-corrected chi connectivity index (χ3v) is 2.52. The SMILES string of the molecule is CC(CCN)CCN(C)C(C)C. The van der Waals surface area contributed by atoms with E-state index in [0.717, 1.165) is 18.9 Å². The third-order valence-electron chi connectivity index (χ3n) is 2.52. The van der Waals surface area contributed by atoms with E-state index in [2.05, 4.69) is 32.7 Å². The zero-order valence-corrected chi connectivity index (χ0v) is 9.01. The van der Waals surface area contributed by atoms with Crippen LogP contribution in [0.2, 0.25) is 0 Å². The molecule has 74 valence electrons. The smallest absolute Gasteiger partial charge is 0.00355 e. The topological polar surface area (TPSA) is 29.3 Å². The highest BCUT2D eigenvalue weighted by atomic mass is 15.1. The van der Waals surface area contributed by atoms with Crippen molar-refractivity contribution in [3.63, 3.8) is 0 Å². The Bertz CT molecular complexity index is 102. The molecular weight excluding hydrogens is 148 g/mol. The summed E-state index contributed by atoms with van der Waals surface area (Å²) in [5.74, 6) is 0.774. The summed E-state index contributed by atoms with van der Waals surface area (Å²) in [5, 5.41) is 0. The molecule has 1 unspecified atom stereocenters. The summed E-state index contributed by atoms with van der Waals surface area (Å²) in [6, 6.07) is 0.662. The van der Waals surface area contributed by atoms with E-state index in [1.807, 2.05) is 0 Å². The van der Waals surface area contributed by atoms with Crippen LogP contribution in [-0.2, 0) is 0 Å². The van der Waals surface area contributed by atoms with E-state index < -0.39 is 0 Å². The second kappa shape index (κ2) is 6.44. The Kier molecular flexibility index (Phi) is 6.39. The Morgan fingerprint density at radius 2 is 1.75 bits per heavy atom. The predicted molar refractivity (Wildman–Crippen MR) is 55.2 cm³/mol. The highest BCUT2D eigenvalue weighted by molar-refractivity contribution is 4.60. The van der Waals surface area contributed by atoms with Gasteiger partial charge in [-0.3, -0.25) is 0 Å². The lowest BCUT2D eigenvalue weighted by Crippen LogP contribution is -2.28. The normalized spacial score (nSPS) is 14.2. The molecule has 2 heteroatoms. The summed E-state index contributed by atoms with van der Waals surface area (Å²) in [6.07, 6.45) is 2.43. The Morgan fingerprint density at radius 3 is 2.17 bits per heavy atom. The van der Waals surface area contributed by atoms with Gasteiger partial charge in [0.2, 0.25) is 0 Å². The summed E-state index contributed by atoms with van der Waals surface area (Å²) in [5.41, 5.74) is 5.48. The maximum Gasteiger partial charge on any atom is 0.00355 e. The summed E-state index contributed by atoms with van der Waals surface area (Å²) >= 11 is 0. The lowest BCUT2D eigenvalue weighted by Gasteiger charge is -2.22. The fourth-order valence-corrected chi connectivity index (χ4v) is 1.11. The fraction of sp³-hybridized carbons (Fsp3) is 1.00. The van der Waals surface area contributed by atoms with Crippen LogP contribution in [0.25, 0.3) is 0 Å². The molecule has 0 bridgehead atoms. The lowest BCUT2D eigenvalue weighted by atomic mass is 10.0. The Balaban J connectivity index is 3.40. The Labute approximate surface area is 77.1 Å². The fourth-order valence-electron chi connectivity index (χ4n) is 1.11. The van der Waals surface area contributed by atoms with Crippen LogP contribution in [-0.4, -0.2) is 31.1 Å². The van der Waals surface area contributed by atoms with E-state index in [1.54, 1.807) is 0 Å². The molecule has 0 aliphatic rings. The molecule has 0 aromatic rings. The molecule has 0 aliphatic heterocycles. The molecule has 0 spiro atoms. The first-order valence-electron chi connectivity index (χ1n) is 4.98. The first-order valence-corrected chi connectivity index (χ1v) is 4.98. The molecule has 0 aliphatic carbocycles. The lowest BCUT2D eigenvalue weighted by molar-refractivity contribution is 0.252. The van der Waals surface area contributed by atoms with E-state index in [1.165, 1.54) is 13.0 Å². The van der Waals surface area contributed by atoms with Gasteiger partial charge in [0.1, 0.15) is 0 Å². The average Bonchev–Trinajstić information content (AvgIpc) is 2.00. The standard InChI is InChI=1S/C10H24N2/c1-9(2)12(4)8-6-10(3)5-7-11/h9-10H,5-8,11H2,1-4H3. The number of nitrogens with zero attached hydrogens (tertiary/aromatic N) is 1.